The van der Waals surface area contributed by atoms with Crippen LogP contribution in [0.15, 0.2) is 12.7 Å². The minimum absolute atomic E-state index is 0.167. The molecule has 0 aliphatic heterocycles. The van der Waals surface area contributed by atoms with Gasteiger partial charge in [0.2, 0.25) is 0 Å². The molecule has 2 nitrogen and oxygen atoms in total. The highest BCUT2D eigenvalue weighted by atomic mass is 16.3. The Hall–Kier alpha value is -0.340. The standard InChI is InChI=1S/C11H20O2/c1-2-11(13)8-5-3-4-6-10(11)7-9-12/h2,10,12-13H,1,3-9H2. The van der Waals surface area contributed by atoms with Crippen LogP contribution in [0.5, 0.6) is 0 Å². The average Bonchev–Trinajstić information content (AvgIpc) is 2.31. The maximum Gasteiger partial charge on any atom is 0.0853 e. The van der Waals surface area contributed by atoms with Crippen molar-refractivity contribution in [2.75, 3.05) is 6.61 Å². The van der Waals surface area contributed by atoms with Crippen LogP contribution in [0.25, 0.3) is 0 Å². The van der Waals surface area contributed by atoms with E-state index < -0.39 is 5.60 Å². The molecule has 13 heavy (non-hydrogen) atoms. The number of aliphatic hydroxyl groups excluding tert-OH is 1. The lowest BCUT2D eigenvalue weighted by molar-refractivity contribution is 0.0110. The maximum absolute atomic E-state index is 10.2. The molecule has 2 unspecified atom stereocenters. The second-order valence-corrected chi connectivity index (χ2v) is 4.00. The van der Waals surface area contributed by atoms with Crippen LogP contribution in [-0.4, -0.2) is 22.4 Å². The molecule has 0 aromatic carbocycles. The van der Waals surface area contributed by atoms with Crippen LogP contribution in [0.3, 0.4) is 0 Å². The van der Waals surface area contributed by atoms with E-state index in [0.29, 0.717) is 6.42 Å². The van der Waals surface area contributed by atoms with Gasteiger partial charge in [0.1, 0.15) is 0 Å². The molecule has 0 radical (unpaired) electrons. The van der Waals surface area contributed by atoms with Crippen molar-refractivity contribution in [1.82, 2.24) is 0 Å². The first-order valence-electron chi connectivity index (χ1n) is 5.20. The van der Waals surface area contributed by atoms with Gasteiger partial charge < -0.3 is 10.2 Å². The van der Waals surface area contributed by atoms with Crippen LogP contribution < -0.4 is 0 Å². The molecule has 0 heterocycles. The fourth-order valence-electron chi connectivity index (χ4n) is 2.25. The second-order valence-electron chi connectivity index (χ2n) is 4.00. The Balaban J connectivity index is 2.66. The Morgan fingerprint density at radius 2 is 2.15 bits per heavy atom. The molecule has 1 rings (SSSR count). The fourth-order valence-corrected chi connectivity index (χ4v) is 2.25. The first-order valence-corrected chi connectivity index (χ1v) is 5.20. The SMILES string of the molecule is C=CC1(O)CCCCCC1CCO. The van der Waals surface area contributed by atoms with Crippen molar-refractivity contribution in [3.63, 3.8) is 0 Å². The largest absolute Gasteiger partial charge is 0.396 e. The predicted molar refractivity (Wildman–Crippen MR) is 53.4 cm³/mol. The summed E-state index contributed by atoms with van der Waals surface area (Å²) in [6.45, 7) is 3.87. The van der Waals surface area contributed by atoms with Gasteiger partial charge in [0.25, 0.3) is 0 Å². The molecule has 0 bridgehead atoms. The van der Waals surface area contributed by atoms with Crippen LogP contribution in [0, 0.1) is 5.92 Å². The molecule has 2 heteroatoms. The van der Waals surface area contributed by atoms with Gasteiger partial charge in [0, 0.05) is 6.61 Å². The molecular formula is C11H20O2. The Kier molecular flexibility index (Phi) is 3.94. The monoisotopic (exact) mass is 184 g/mol. The first-order chi connectivity index (χ1) is 6.23. The van der Waals surface area contributed by atoms with Crippen molar-refractivity contribution < 1.29 is 10.2 Å². The minimum atomic E-state index is -0.723. The highest BCUT2D eigenvalue weighted by molar-refractivity contribution is 5.01. The van der Waals surface area contributed by atoms with Crippen molar-refractivity contribution in [1.29, 1.82) is 0 Å². The highest BCUT2D eigenvalue weighted by Gasteiger charge is 2.33. The average molecular weight is 184 g/mol. The lowest BCUT2D eigenvalue weighted by Gasteiger charge is -2.31. The molecule has 2 N–H and O–H groups in total. The third-order valence-electron chi connectivity index (χ3n) is 3.17. The Bertz CT molecular complexity index is 167. The van der Waals surface area contributed by atoms with E-state index >= 15 is 0 Å². The van der Waals surface area contributed by atoms with E-state index in [1.165, 1.54) is 12.8 Å². The van der Waals surface area contributed by atoms with E-state index in [1.54, 1.807) is 6.08 Å². The molecule has 0 aromatic heterocycles. The third-order valence-corrected chi connectivity index (χ3v) is 3.17. The second kappa shape index (κ2) is 4.77. The maximum atomic E-state index is 10.2. The Morgan fingerprint density at radius 1 is 1.38 bits per heavy atom. The summed E-state index contributed by atoms with van der Waals surface area (Å²) in [5.74, 6) is 0.206. The lowest BCUT2D eigenvalue weighted by atomic mass is 9.81. The summed E-state index contributed by atoms with van der Waals surface area (Å²) in [4.78, 5) is 0. The van der Waals surface area contributed by atoms with Crippen molar-refractivity contribution in [2.24, 2.45) is 5.92 Å². The molecule has 1 fully saturated rings. The van der Waals surface area contributed by atoms with Gasteiger partial charge in [0.05, 0.1) is 5.60 Å². The lowest BCUT2D eigenvalue weighted by Crippen LogP contribution is -2.35. The van der Waals surface area contributed by atoms with Crippen LogP contribution in [0.2, 0.25) is 0 Å². The molecule has 1 aliphatic rings. The molecule has 2 atom stereocenters. The molecule has 0 aromatic rings. The molecular weight excluding hydrogens is 164 g/mol. The van der Waals surface area contributed by atoms with E-state index in [0.717, 1.165) is 19.3 Å². The van der Waals surface area contributed by atoms with Crippen molar-refractivity contribution in [2.45, 2.75) is 44.1 Å². The van der Waals surface area contributed by atoms with Gasteiger partial charge in [-0.1, -0.05) is 25.3 Å². The fraction of sp³-hybridized carbons (Fsp3) is 0.818. The summed E-state index contributed by atoms with van der Waals surface area (Å²) in [6.07, 6.45) is 7.62. The molecule has 0 spiro atoms. The molecule has 1 aliphatic carbocycles. The van der Waals surface area contributed by atoms with Crippen molar-refractivity contribution in [3.8, 4) is 0 Å². The van der Waals surface area contributed by atoms with Gasteiger partial charge in [-0.2, -0.15) is 0 Å². The predicted octanol–water partition coefficient (Wildman–Crippen LogP) is 1.87. The van der Waals surface area contributed by atoms with Gasteiger partial charge >= 0.3 is 0 Å². The quantitative estimate of drug-likeness (QED) is 0.519. The van der Waals surface area contributed by atoms with E-state index in [9.17, 15) is 5.11 Å². The number of hydrogen-bond acceptors (Lipinski definition) is 2. The number of aliphatic hydroxyl groups is 2. The van der Waals surface area contributed by atoms with Crippen LogP contribution in [0.4, 0.5) is 0 Å². The summed E-state index contributed by atoms with van der Waals surface area (Å²) in [5.41, 5.74) is -0.723. The van der Waals surface area contributed by atoms with E-state index in [-0.39, 0.29) is 12.5 Å². The topological polar surface area (TPSA) is 40.5 Å². The van der Waals surface area contributed by atoms with E-state index in [2.05, 4.69) is 6.58 Å². The van der Waals surface area contributed by atoms with Crippen molar-refractivity contribution in [3.05, 3.63) is 12.7 Å². The van der Waals surface area contributed by atoms with Crippen molar-refractivity contribution >= 4 is 0 Å². The number of hydrogen-bond donors (Lipinski definition) is 2. The highest BCUT2D eigenvalue weighted by Crippen LogP contribution is 2.35. The van der Waals surface area contributed by atoms with Gasteiger partial charge in [-0.25, -0.2) is 0 Å². The van der Waals surface area contributed by atoms with Crippen LogP contribution in [0.1, 0.15) is 38.5 Å². The van der Waals surface area contributed by atoms with Crippen LogP contribution >= 0.6 is 0 Å². The molecule has 76 valence electrons. The first kappa shape index (κ1) is 10.7. The molecule has 0 saturated heterocycles. The van der Waals surface area contributed by atoms with Crippen LogP contribution in [-0.2, 0) is 0 Å². The molecule has 1 saturated carbocycles. The smallest absolute Gasteiger partial charge is 0.0853 e. The normalized spacial score (nSPS) is 35.4. The van der Waals surface area contributed by atoms with Gasteiger partial charge in [-0.15, -0.1) is 6.58 Å². The zero-order valence-electron chi connectivity index (χ0n) is 8.21. The molecule has 0 amide bonds. The number of rotatable bonds is 3. The zero-order valence-corrected chi connectivity index (χ0v) is 8.21. The summed E-state index contributed by atoms with van der Waals surface area (Å²) in [6, 6.07) is 0. The summed E-state index contributed by atoms with van der Waals surface area (Å²) in [5, 5.41) is 19.1. The Labute approximate surface area is 80.3 Å². The van der Waals surface area contributed by atoms with E-state index in [1.807, 2.05) is 0 Å². The van der Waals surface area contributed by atoms with Gasteiger partial charge in [-0.05, 0) is 25.2 Å². The van der Waals surface area contributed by atoms with Gasteiger partial charge in [-0.3, -0.25) is 0 Å². The summed E-state index contributed by atoms with van der Waals surface area (Å²) in [7, 11) is 0. The Morgan fingerprint density at radius 3 is 2.77 bits per heavy atom. The zero-order chi connectivity index (χ0) is 9.73. The summed E-state index contributed by atoms with van der Waals surface area (Å²) >= 11 is 0. The summed E-state index contributed by atoms with van der Waals surface area (Å²) < 4.78 is 0. The van der Waals surface area contributed by atoms with Gasteiger partial charge in [0.15, 0.2) is 0 Å². The minimum Gasteiger partial charge on any atom is -0.396 e. The third kappa shape index (κ3) is 2.55. The van der Waals surface area contributed by atoms with E-state index in [4.69, 9.17) is 5.11 Å².